The summed E-state index contributed by atoms with van der Waals surface area (Å²) in [5.41, 5.74) is 1.63. The number of benzene rings is 1. The second-order valence-electron chi connectivity index (χ2n) is 2.94. The molecule has 0 aliphatic carbocycles. The SMILES string of the molecule is C#Cc1cccc(NCC(O)CO)c1. The molecule has 3 nitrogen and oxygen atoms in total. The number of rotatable bonds is 4. The minimum atomic E-state index is -0.746. The third-order valence-electron chi connectivity index (χ3n) is 1.78. The van der Waals surface area contributed by atoms with Gasteiger partial charge in [0, 0.05) is 17.8 Å². The Hall–Kier alpha value is -1.50. The van der Waals surface area contributed by atoms with Gasteiger partial charge < -0.3 is 15.5 Å². The minimum Gasteiger partial charge on any atom is -0.394 e. The molecule has 1 aromatic rings. The van der Waals surface area contributed by atoms with Gasteiger partial charge in [0.25, 0.3) is 0 Å². The molecule has 74 valence electrons. The zero-order chi connectivity index (χ0) is 10.4. The van der Waals surface area contributed by atoms with E-state index in [0.717, 1.165) is 11.3 Å². The molecule has 0 amide bonds. The number of terminal acetylenes is 1. The van der Waals surface area contributed by atoms with Gasteiger partial charge in [-0.15, -0.1) is 6.42 Å². The Labute approximate surface area is 83.4 Å². The Balaban J connectivity index is 2.55. The molecule has 1 atom stereocenters. The first kappa shape index (κ1) is 10.6. The highest BCUT2D eigenvalue weighted by atomic mass is 16.3. The summed E-state index contributed by atoms with van der Waals surface area (Å²) in [6.45, 7) is 0.0619. The van der Waals surface area contributed by atoms with Gasteiger partial charge in [0.2, 0.25) is 0 Å². The number of hydrogen-bond acceptors (Lipinski definition) is 3. The molecule has 0 aliphatic heterocycles. The van der Waals surface area contributed by atoms with E-state index in [1.807, 2.05) is 24.3 Å². The van der Waals surface area contributed by atoms with Crippen LogP contribution in [0.1, 0.15) is 5.56 Å². The molecule has 3 N–H and O–H groups in total. The third-order valence-corrected chi connectivity index (χ3v) is 1.78. The lowest BCUT2D eigenvalue weighted by Crippen LogP contribution is -2.22. The summed E-state index contributed by atoms with van der Waals surface area (Å²) < 4.78 is 0. The second kappa shape index (κ2) is 5.28. The van der Waals surface area contributed by atoms with Crippen LogP contribution in [0.3, 0.4) is 0 Å². The molecular formula is C11H13NO2. The van der Waals surface area contributed by atoms with Crippen molar-refractivity contribution >= 4 is 5.69 Å². The van der Waals surface area contributed by atoms with Crippen molar-refractivity contribution in [1.82, 2.24) is 0 Å². The van der Waals surface area contributed by atoms with E-state index >= 15 is 0 Å². The van der Waals surface area contributed by atoms with Crippen LogP contribution in [-0.2, 0) is 0 Å². The zero-order valence-corrected chi connectivity index (χ0v) is 7.77. The molecule has 0 heterocycles. The van der Waals surface area contributed by atoms with Crippen LogP contribution in [0.25, 0.3) is 0 Å². The predicted octanol–water partition coefficient (Wildman–Crippen LogP) is 0.433. The fourth-order valence-electron chi connectivity index (χ4n) is 1.02. The summed E-state index contributed by atoms with van der Waals surface area (Å²) in [6, 6.07) is 7.32. The smallest absolute Gasteiger partial charge is 0.0942 e. The van der Waals surface area contributed by atoms with Crippen LogP contribution in [0.5, 0.6) is 0 Å². The monoisotopic (exact) mass is 191 g/mol. The molecule has 1 rings (SSSR count). The summed E-state index contributed by atoms with van der Waals surface area (Å²) >= 11 is 0. The number of hydrogen-bond donors (Lipinski definition) is 3. The molecule has 3 heteroatoms. The standard InChI is InChI=1S/C11H13NO2/c1-2-9-4-3-5-10(6-9)12-7-11(14)8-13/h1,3-6,11-14H,7-8H2. The van der Waals surface area contributed by atoms with Crippen molar-refractivity contribution in [2.24, 2.45) is 0 Å². The molecule has 0 aliphatic rings. The van der Waals surface area contributed by atoms with E-state index in [0.29, 0.717) is 6.54 Å². The lowest BCUT2D eigenvalue weighted by molar-refractivity contribution is 0.105. The topological polar surface area (TPSA) is 52.5 Å². The van der Waals surface area contributed by atoms with Crippen molar-refractivity contribution in [1.29, 1.82) is 0 Å². The second-order valence-corrected chi connectivity index (χ2v) is 2.94. The highest BCUT2D eigenvalue weighted by Crippen LogP contribution is 2.09. The van der Waals surface area contributed by atoms with Crippen LogP contribution in [0.15, 0.2) is 24.3 Å². The molecular weight excluding hydrogens is 178 g/mol. The maximum Gasteiger partial charge on any atom is 0.0942 e. The normalized spacial score (nSPS) is 11.8. The Morgan fingerprint density at radius 3 is 2.93 bits per heavy atom. The summed E-state index contributed by atoms with van der Waals surface area (Å²) in [6.07, 6.45) is 4.49. The van der Waals surface area contributed by atoms with Gasteiger partial charge in [0.1, 0.15) is 0 Å². The van der Waals surface area contributed by atoms with E-state index < -0.39 is 6.10 Å². The van der Waals surface area contributed by atoms with Gasteiger partial charge in [-0.3, -0.25) is 0 Å². The molecule has 0 saturated heterocycles. The quantitative estimate of drug-likeness (QED) is 0.605. The summed E-state index contributed by atoms with van der Waals surface area (Å²) in [7, 11) is 0. The average Bonchev–Trinajstić information content (AvgIpc) is 2.26. The van der Waals surface area contributed by atoms with Gasteiger partial charge >= 0.3 is 0 Å². The van der Waals surface area contributed by atoms with Gasteiger partial charge in [-0.1, -0.05) is 12.0 Å². The Kier molecular flexibility index (Phi) is 3.99. The number of aliphatic hydroxyl groups is 2. The largest absolute Gasteiger partial charge is 0.394 e. The van der Waals surface area contributed by atoms with Crippen molar-refractivity contribution in [3.63, 3.8) is 0 Å². The van der Waals surface area contributed by atoms with Gasteiger partial charge in [-0.05, 0) is 18.2 Å². The molecule has 1 aromatic carbocycles. The molecule has 0 aromatic heterocycles. The Morgan fingerprint density at radius 1 is 1.50 bits per heavy atom. The number of nitrogens with one attached hydrogen (secondary N) is 1. The maximum atomic E-state index is 9.09. The molecule has 0 bridgehead atoms. The Bertz CT molecular complexity index is 330. The highest BCUT2D eigenvalue weighted by molar-refractivity contribution is 5.49. The number of anilines is 1. The first-order chi connectivity index (χ1) is 6.76. The lowest BCUT2D eigenvalue weighted by atomic mass is 10.2. The van der Waals surface area contributed by atoms with Crippen molar-refractivity contribution < 1.29 is 10.2 Å². The molecule has 14 heavy (non-hydrogen) atoms. The van der Waals surface area contributed by atoms with Gasteiger partial charge in [-0.25, -0.2) is 0 Å². The zero-order valence-electron chi connectivity index (χ0n) is 7.77. The fourth-order valence-corrected chi connectivity index (χ4v) is 1.02. The maximum absolute atomic E-state index is 9.09. The average molecular weight is 191 g/mol. The van der Waals surface area contributed by atoms with Gasteiger partial charge in [0.15, 0.2) is 0 Å². The highest BCUT2D eigenvalue weighted by Gasteiger charge is 2.00. The predicted molar refractivity (Wildman–Crippen MR) is 56.0 cm³/mol. The minimum absolute atomic E-state index is 0.248. The van der Waals surface area contributed by atoms with E-state index in [2.05, 4.69) is 11.2 Å². The van der Waals surface area contributed by atoms with Crippen molar-refractivity contribution in [3.8, 4) is 12.3 Å². The first-order valence-electron chi connectivity index (χ1n) is 4.35. The molecule has 0 fully saturated rings. The van der Waals surface area contributed by atoms with E-state index in [1.165, 1.54) is 0 Å². The van der Waals surface area contributed by atoms with E-state index in [4.69, 9.17) is 16.6 Å². The Morgan fingerprint density at radius 2 is 2.29 bits per heavy atom. The van der Waals surface area contributed by atoms with E-state index in [9.17, 15) is 0 Å². The summed E-state index contributed by atoms with van der Waals surface area (Å²) in [5, 5.41) is 20.6. The summed E-state index contributed by atoms with van der Waals surface area (Å²) in [4.78, 5) is 0. The third kappa shape index (κ3) is 3.09. The van der Waals surface area contributed by atoms with Crippen LogP contribution in [0.4, 0.5) is 5.69 Å². The lowest BCUT2D eigenvalue weighted by Gasteiger charge is -2.10. The first-order valence-corrected chi connectivity index (χ1v) is 4.35. The molecule has 0 spiro atoms. The number of aliphatic hydroxyl groups excluding tert-OH is 2. The van der Waals surface area contributed by atoms with E-state index in [1.54, 1.807) is 0 Å². The molecule has 0 saturated carbocycles. The van der Waals surface area contributed by atoms with Crippen LogP contribution < -0.4 is 5.32 Å². The summed E-state index contributed by atoms with van der Waals surface area (Å²) in [5.74, 6) is 2.52. The van der Waals surface area contributed by atoms with Crippen LogP contribution in [0.2, 0.25) is 0 Å². The molecule has 1 unspecified atom stereocenters. The van der Waals surface area contributed by atoms with Crippen LogP contribution >= 0.6 is 0 Å². The van der Waals surface area contributed by atoms with Crippen LogP contribution in [0, 0.1) is 12.3 Å². The van der Waals surface area contributed by atoms with Gasteiger partial charge in [-0.2, -0.15) is 0 Å². The van der Waals surface area contributed by atoms with Crippen molar-refractivity contribution in [2.75, 3.05) is 18.5 Å². The molecule has 0 radical (unpaired) electrons. The van der Waals surface area contributed by atoms with Crippen LogP contribution in [-0.4, -0.2) is 29.5 Å². The van der Waals surface area contributed by atoms with Gasteiger partial charge in [0.05, 0.1) is 12.7 Å². The fraction of sp³-hybridized carbons (Fsp3) is 0.273. The van der Waals surface area contributed by atoms with Crippen molar-refractivity contribution in [3.05, 3.63) is 29.8 Å². The van der Waals surface area contributed by atoms with E-state index in [-0.39, 0.29) is 6.61 Å². The van der Waals surface area contributed by atoms with Crippen molar-refractivity contribution in [2.45, 2.75) is 6.10 Å².